The summed E-state index contributed by atoms with van der Waals surface area (Å²) in [5.74, 6) is 0. The Morgan fingerprint density at radius 1 is 1.30 bits per heavy atom. The van der Waals surface area contributed by atoms with Crippen molar-refractivity contribution >= 4 is 10.0 Å². The highest BCUT2D eigenvalue weighted by atomic mass is 32.2. The molecule has 3 N–H and O–H groups in total. The molecule has 0 bridgehead atoms. The fourth-order valence-electron chi connectivity index (χ4n) is 2.50. The highest BCUT2D eigenvalue weighted by molar-refractivity contribution is 7.89. The molecule has 0 amide bonds. The quantitative estimate of drug-likeness (QED) is 0.856. The van der Waals surface area contributed by atoms with E-state index in [9.17, 15) is 8.42 Å². The number of rotatable bonds is 5. The number of nitrogens with zero attached hydrogens (tertiary/aromatic N) is 2. The van der Waals surface area contributed by atoms with Crippen LogP contribution in [0.1, 0.15) is 44.8 Å². The fourth-order valence-corrected chi connectivity index (χ4v) is 3.67. The first kappa shape index (κ1) is 15.5. The van der Waals surface area contributed by atoms with Crippen molar-refractivity contribution in [2.75, 3.05) is 13.1 Å². The maximum Gasteiger partial charge on any atom is 0.254 e. The minimum absolute atomic E-state index is 0.187. The minimum Gasteiger partial charge on any atom is -0.346 e. The number of hydrazine groups is 1. The van der Waals surface area contributed by atoms with E-state index in [0.29, 0.717) is 6.54 Å². The molecular weight excluding hydrogens is 276 g/mol. The van der Waals surface area contributed by atoms with Crippen molar-refractivity contribution in [3.63, 3.8) is 0 Å². The van der Waals surface area contributed by atoms with Gasteiger partial charge in [0.15, 0.2) is 0 Å². The Balaban J connectivity index is 2.20. The average Bonchev–Trinajstić information content (AvgIpc) is 2.84. The Morgan fingerprint density at radius 3 is 2.45 bits per heavy atom. The molecule has 1 aromatic rings. The monoisotopic (exact) mass is 300 g/mol. The normalized spacial score (nSPS) is 17.8. The number of hydrogen-bond acceptors (Lipinski definition) is 4. The fraction of sp³-hybridized carbons (Fsp3) is 0.692. The van der Waals surface area contributed by atoms with Gasteiger partial charge >= 0.3 is 0 Å². The molecule has 20 heavy (non-hydrogen) atoms. The molecule has 1 aromatic heterocycles. The van der Waals surface area contributed by atoms with E-state index in [4.69, 9.17) is 5.73 Å². The van der Waals surface area contributed by atoms with E-state index < -0.39 is 10.0 Å². The second-order valence-corrected chi connectivity index (χ2v) is 7.18. The van der Waals surface area contributed by atoms with Crippen LogP contribution in [0.5, 0.6) is 0 Å². The van der Waals surface area contributed by atoms with E-state index in [1.165, 1.54) is 6.42 Å². The van der Waals surface area contributed by atoms with Crippen molar-refractivity contribution < 1.29 is 8.42 Å². The number of hydrogen-bond donors (Lipinski definition) is 2. The molecule has 0 unspecified atom stereocenters. The second kappa shape index (κ2) is 6.26. The summed E-state index contributed by atoms with van der Waals surface area (Å²) < 4.78 is 26.7. The van der Waals surface area contributed by atoms with Crippen molar-refractivity contribution in [1.82, 2.24) is 14.4 Å². The summed E-state index contributed by atoms with van der Waals surface area (Å²) in [5.41, 5.74) is 6.52. The first-order chi connectivity index (χ1) is 9.44. The van der Waals surface area contributed by atoms with Gasteiger partial charge in [-0.05, 0) is 32.8 Å². The molecular formula is C13H24N4O2S. The molecule has 0 saturated carbocycles. The zero-order chi connectivity index (χ0) is 14.8. The van der Waals surface area contributed by atoms with Crippen molar-refractivity contribution in [3.8, 4) is 0 Å². The topological polar surface area (TPSA) is 80.4 Å². The van der Waals surface area contributed by atoms with Crippen molar-refractivity contribution in [2.45, 2.75) is 50.6 Å². The Morgan fingerprint density at radius 2 is 1.95 bits per heavy atom. The van der Waals surface area contributed by atoms with Gasteiger partial charge in [-0.25, -0.2) is 13.4 Å². The summed E-state index contributed by atoms with van der Waals surface area (Å²) in [7, 11) is -3.51. The Bertz CT molecular complexity index is 545. The lowest BCUT2D eigenvalue weighted by Gasteiger charge is -2.26. The predicted molar refractivity (Wildman–Crippen MR) is 78.5 cm³/mol. The third kappa shape index (κ3) is 3.41. The molecule has 7 heteroatoms. The van der Waals surface area contributed by atoms with Crippen molar-refractivity contribution in [1.29, 1.82) is 0 Å². The van der Waals surface area contributed by atoms with Crippen molar-refractivity contribution in [3.05, 3.63) is 18.0 Å². The lowest BCUT2D eigenvalue weighted by Crippen LogP contribution is -2.44. The highest BCUT2D eigenvalue weighted by Gasteiger charge is 2.22. The minimum atomic E-state index is -3.51. The zero-order valence-electron chi connectivity index (χ0n) is 12.2. The van der Waals surface area contributed by atoms with Crippen LogP contribution in [0.4, 0.5) is 0 Å². The Labute approximate surface area is 121 Å². The summed E-state index contributed by atoms with van der Waals surface area (Å²) in [4.78, 5) is 2.96. The maximum atomic E-state index is 12.4. The van der Waals surface area contributed by atoms with Crippen LogP contribution in [0.15, 0.2) is 17.2 Å². The summed E-state index contributed by atoms with van der Waals surface area (Å²) in [6, 6.07) is 1.85. The molecule has 6 nitrogen and oxygen atoms in total. The van der Waals surface area contributed by atoms with Crippen LogP contribution < -0.4 is 10.6 Å². The molecule has 0 aromatic carbocycles. The standard InChI is InChI=1S/C13H24N4O2S/c1-11(2)17-10-13(8-12(17)9-14)20(18,19)15-16-6-4-3-5-7-16/h8,10-11,15H,3-7,9,14H2,1-2H3. The number of sulfonamides is 1. The van der Waals surface area contributed by atoms with E-state index in [1.54, 1.807) is 17.3 Å². The van der Waals surface area contributed by atoms with Gasteiger partial charge in [0.2, 0.25) is 0 Å². The number of nitrogens with one attached hydrogen (secondary N) is 1. The summed E-state index contributed by atoms with van der Waals surface area (Å²) in [5, 5.41) is 1.79. The van der Waals surface area contributed by atoms with Gasteiger partial charge in [-0.1, -0.05) is 6.42 Å². The molecule has 1 saturated heterocycles. The van der Waals surface area contributed by atoms with Crippen LogP contribution in [0.3, 0.4) is 0 Å². The highest BCUT2D eigenvalue weighted by Crippen LogP contribution is 2.19. The zero-order valence-corrected chi connectivity index (χ0v) is 13.0. The van der Waals surface area contributed by atoms with Crippen LogP contribution in [-0.2, 0) is 16.6 Å². The summed E-state index contributed by atoms with van der Waals surface area (Å²) >= 11 is 0. The van der Waals surface area contributed by atoms with Crippen molar-refractivity contribution in [2.24, 2.45) is 5.73 Å². The lowest BCUT2D eigenvalue weighted by atomic mass is 10.2. The van der Waals surface area contributed by atoms with Gasteiger partial charge in [-0.15, -0.1) is 4.83 Å². The van der Waals surface area contributed by atoms with Gasteiger partial charge in [-0.2, -0.15) is 0 Å². The van der Waals surface area contributed by atoms with E-state index in [1.807, 2.05) is 18.4 Å². The van der Waals surface area contributed by atoms with Gasteiger partial charge in [0.1, 0.15) is 4.90 Å². The third-order valence-electron chi connectivity index (χ3n) is 3.59. The number of nitrogens with two attached hydrogens (primary N) is 1. The summed E-state index contributed by atoms with van der Waals surface area (Å²) in [6.07, 6.45) is 4.89. The molecule has 1 aliphatic heterocycles. The lowest BCUT2D eigenvalue weighted by molar-refractivity contribution is 0.200. The molecule has 0 atom stereocenters. The van der Waals surface area contributed by atoms with Crippen LogP contribution in [0.2, 0.25) is 0 Å². The van der Waals surface area contributed by atoms with Gasteiger partial charge < -0.3 is 10.3 Å². The summed E-state index contributed by atoms with van der Waals surface area (Å²) in [6.45, 7) is 5.89. The Kier molecular flexibility index (Phi) is 4.85. The van der Waals surface area contributed by atoms with Crippen LogP contribution in [0.25, 0.3) is 0 Å². The number of aromatic nitrogens is 1. The van der Waals surface area contributed by atoms with Crippen LogP contribution in [0, 0.1) is 0 Å². The van der Waals surface area contributed by atoms with E-state index >= 15 is 0 Å². The second-order valence-electron chi connectivity index (χ2n) is 5.51. The number of piperidine rings is 1. The molecule has 114 valence electrons. The first-order valence-electron chi connectivity index (χ1n) is 7.12. The first-order valence-corrected chi connectivity index (χ1v) is 8.60. The molecule has 0 spiro atoms. The third-order valence-corrected chi connectivity index (χ3v) is 4.93. The van der Waals surface area contributed by atoms with Crippen LogP contribution >= 0.6 is 0 Å². The van der Waals surface area contributed by atoms with E-state index in [2.05, 4.69) is 4.83 Å². The molecule has 1 fully saturated rings. The smallest absolute Gasteiger partial charge is 0.254 e. The molecule has 2 rings (SSSR count). The average molecular weight is 300 g/mol. The molecule has 2 heterocycles. The largest absolute Gasteiger partial charge is 0.346 e. The van der Waals surface area contributed by atoms with E-state index in [0.717, 1.165) is 31.6 Å². The van der Waals surface area contributed by atoms with Gasteiger partial charge in [-0.3, -0.25) is 0 Å². The molecule has 1 aliphatic rings. The van der Waals surface area contributed by atoms with Gasteiger partial charge in [0.05, 0.1) is 0 Å². The van der Waals surface area contributed by atoms with Gasteiger partial charge in [0, 0.05) is 37.6 Å². The Hall–Kier alpha value is -0.890. The maximum absolute atomic E-state index is 12.4. The van der Waals surface area contributed by atoms with E-state index in [-0.39, 0.29) is 10.9 Å². The van der Waals surface area contributed by atoms with Gasteiger partial charge in [0.25, 0.3) is 10.0 Å². The molecule has 0 aliphatic carbocycles. The SMILES string of the molecule is CC(C)n1cc(S(=O)(=O)NN2CCCCC2)cc1CN. The molecule has 0 radical (unpaired) electrons. The predicted octanol–water partition coefficient (Wildman–Crippen LogP) is 1.21. The van der Waals surface area contributed by atoms with Crippen LogP contribution in [-0.4, -0.2) is 31.1 Å².